The summed E-state index contributed by atoms with van der Waals surface area (Å²) in [5, 5.41) is 16.7. The molecule has 0 saturated heterocycles. The molecule has 154 valence electrons. The Morgan fingerprint density at radius 2 is 1.70 bits per heavy atom. The summed E-state index contributed by atoms with van der Waals surface area (Å²) in [6.45, 7) is 0.318. The van der Waals surface area contributed by atoms with Crippen LogP contribution in [-0.4, -0.2) is 17.9 Å². The number of carbonyl (C=O) groups excluding carboxylic acids is 1. The number of methoxy groups -OCH3 is 1. The first kappa shape index (κ1) is 20.7. The van der Waals surface area contributed by atoms with Crippen molar-refractivity contribution in [3.63, 3.8) is 0 Å². The van der Waals surface area contributed by atoms with Crippen LogP contribution >= 0.6 is 0 Å². The number of ether oxygens (including phenoxy) is 1. The molecule has 30 heavy (non-hydrogen) atoms. The zero-order valence-corrected chi connectivity index (χ0v) is 15.8. The third-order valence-electron chi connectivity index (χ3n) is 4.22. The number of nitrogens with one attached hydrogen (secondary N) is 2. The van der Waals surface area contributed by atoms with Gasteiger partial charge in [-0.25, -0.2) is 8.78 Å². The molecule has 9 heteroatoms. The van der Waals surface area contributed by atoms with E-state index in [0.717, 1.165) is 23.8 Å². The van der Waals surface area contributed by atoms with Crippen molar-refractivity contribution >= 4 is 23.0 Å². The predicted molar refractivity (Wildman–Crippen MR) is 108 cm³/mol. The van der Waals surface area contributed by atoms with Gasteiger partial charge in [-0.15, -0.1) is 0 Å². The standard InChI is InChI=1S/C21H17F2N3O4/c1-30-18-5-2-13(3-6-18)12-24-19-7-4-14(8-20(19)26(28)29)21(27)25-17-10-15(22)9-16(23)11-17/h2-11,24H,12H2,1H3,(H,25,27). The highest BCUT2D eigenvalue weighted by atomic mass is 19.1. The molecule has 0 aliphatic carbocycles. The van der Waals surface area contributed by atoms with Crippen molar-refractivity contribution in [2.24, 2.45) is 0 Å². The van der Waals surface area contributed by atoms with E-state index in [2.05, 4.69) is 10.6 Å². The molecule has 0 aliphatic rings. The number of rotatable bonds is 7. The Balaban J connectivity index is 1.76. The van der Waals surface area contributed by atoms with Gasteiger partial charge in [0.2, 0.25) is 0 Å². The quantitative estimate of drug-likeness (QED) is 0.431. The number of nitro groups is 1. The largest absolute Gasteiger partial charge is 0.497 e. The fourth-order valence-corrected chi connectivity index (χ4v) is 2.74. The van der Waals surface area contributed by atoms with Crippen molar-refractivity contribution in [1.29, 1.82) is 0 Å². The summed E-state index contributed by atoms with van der Waals surface area (Å²) in [5.74, 6) is -1.74. The van der Waals surface area contributed by atoms with Crippen molar-refractivity contribution in [1.82, 2.24) is 0 Å². The first-order chi connectivity index (χ1) is 14.4. The molecule has 0 radical (unpaired) electrons. The minimum atomic E-state index is -0.852. The topological polar surface area (TPSA) is 93.5 Å². The zero-order chi connectivity index (χ0) is 21.7. The van der Waals surface area contributed by atoms with Gasteiger partial charge in [0.1, 0.15) is 23.1 Å². The predicted octanol–water partition coefficient (Wildman–Crippen LogP) is 4.75. The highest BCUT2D eigenvalue weighted by molar-refractivity contribution is 6.05. The number of anilines is 2. The van der Waals surface area contributed by atoms with Crippen LogP contribution in [0, 0.1) is 21.7 Å². The second kappa shape index (κ2) is 8.99. The molecule has 1 amide bonds. The smallest absolute Gasteiger partial charge is 0.293 e. The first-order valence-electron chi connectivity index (χ1n) is 8.78. The van der Waals surface area contributed by atoms with E-state index in [-0.39, 0.29) is 22.6 Å². The Kier molecular flexibility index (Phi) is 6.21. The lowest BCUT2D eigenvalue weighted by molar-refractivity contribution is -0.384. The Labute approximate surface area is 170 Å². The van der Waals surface area contributed by atoms with Crippen LogP contribution in [0.15, 0.2) is 60.7 Å². The summed E-state index contributed by atoms with van der Waals surface area (Å²) in [6.07, 6.45) is 0. The van der Waals surface area contributed by atoms with Gasteiger partial charge in [-0.05, 0) is 42.0 Å². The molecule has 0 fully saturated rings. The number of benzene rings is 3. The van der Waals surface area contributed by atoms with Gasteiger partial charge >= 0.3 is 0 Å². The molecule has 3 aromatic rings. The van der Waals surface area contributed by atoms with Crippen LogP contribution in [0.3, 0.4) is 0 Å². The maximum absolute atomic E-state index is 13.3. The minimum absolute atomic E-state index is 0.0265. The van der Waals surface area contributed by atoms with Crippen LogP contribution < -0.4 is 15.4 Å². The highest BCUT2D eigenvalue weighted by Gasteiger charge is 2.18. The van der Waals surface area contributed by atoms with E-state index >= 15 is 0 Å². The van der Waals surface area contributed by atoms with E-state index in [0.29, 0.717) is 18.4 Å². The lowest BCUT2D eigenvalue weighted by Gasteiger charge is -2.10. The second-order valence-corrected chi connectivity index (χ2v) is 6.30. The minimum Gasteiger partial charge on any atom is -0.497 e. The molecule has 0 aliphatic heterocycles. The van der Waals surface area contributed by atoms with Gasteiger partial charge in [0.25, 0.3) is 11.6 Å². The fraction of sp³-hybridized carbons (Fsp3) is 0.0952. The summed E-state index contributed by atoms with van der Waals surface area (Å²) in [4.78, 5) is 23.2. The summed E-state index contributed by atoms with van der Waals surface area (Å²) < 4.78 is 31.6. The average molecular weight is 413 g/mol. The molecule has 0 atom stereocenters. The molecule has 0 spiro atoms. The number of halogens is 2. The molecule has 2 N–H and O–H groups in total. The second-order valence-electron chi connectivity index (χ2n) is 6.30. The number of carbonyl (C=O) groups is 1. The normalized spacial score (nSPS) is 10.4. The Bertz CT molecular complexity index is 1070. The summed E-state index contributed by atoms with van der Waals surface area (Å²) in [7, 11) is 1.55. The van der Waals surface area contributed by atoms with Gasteiger partial charge in [-0.2, -0.15) is 0 Å². The van der Waals surface area contributed by atoms with Gasteiger partial charge in [-0.3, -0.25) is 14.9 Å². The SMILES string of the molecule is COc1ccc(CNc2ccc(C(=O)Nc3cc(F)cc(F)c3)cc2[N+](=O)[O-])cc1. The maximum atomic E-state index is 13.3. The third-order valence-corrected chi connectivity index (χ3v) is 4.22. The zero-order valence-electron chi connectivity index (χ0n) is 15.8. The summed E-state index contributed by atoms with van der Waals surface area (Å²) >= 11 is 0. The van der Waals surface area contributed by atoms with Gasteiger partial charge < -0.3 is 15.4 Å². The first-order valence-corrected chi connectivity index (χ1v) is 8.78. The van der Waals surface area contributed by atoms with Crippen LogP contribution in [0.25, 0.3) is 0 Å². The average Bonchev–Trinajstić information content (AvgIpc) is 2.71. The summed E-state index contributed by atoms with van der Waals surface area (Å²) in [6, 6.07) is 13.6. The molecule has 0 unspecified atom stereocenters. The van der Waals surface area contributed by atoms with Crippen LogP contribution in [-0.2, 0) is 6.54 Å². The van der Waals surface area contributed by atoms with Crippen LogP contribution in [0.4, 0.5) is 25.8 Å². The third kappa shape index (κ3) is 5.07. The molecule has 3 rings (SSSR count). The van der Waals surface area contributed by atoms with Crippen molar-refractivity contribution < 1.29 is 23.2 Å². The number of nitrogens with zero attached hydrogens (tertiary/aromatic N) is 1. The van der Waals surface area contributed by atoms with E-state index in [1.54, 1.807) is 19.2 Å². The lowest BCUT2D eigenvalue weighted by Crippen LogP contribution is -2.13. The highest BCUT2D eigenvalue weighted by Crippen LogP contribution is 2.27. The van der Waals surface area contributed by atoms with Gasteiger partial charge in [-0.1, -0.05) is 12.1 Å². The molecule has 0 bridgehead atoms. The Hall–Kier alpha value is -4.01. The monoisotopic (exact) mass is 413 g/mol. The molecule has 0 aromatic heterocycles. The molecular formula is C21H17F2N3O4. The van der Waals surface area contributed by atoms with Crippen molar-refractivity contribution in [3.8, 4) is 5.75 Å². The van der Waals surface area contributed by atoms with Crippen LogP contribution in [0.2, 0.25) is 0 Å². The van der Waals surface area contributed by atoms with Crippen LogP contribution in [0.1, 0.15) is 15.9 Å². The number of hydrogen-bond donors (Lipinski definition) is 2. The molecular weight excluding hydrogens is 396 g/mol. The number of nitro benzene ring substituents is 1. The van der Waals surface area contributed by atoms with E-state index in [1.165, 1.54) is 12.1 Å². The maximum Gasteiger partial charge on any atom is 0.293 e. The summed E-state index contributed by atoms with van der Waals surface area (Å²) in [5.41, 5.74) is 0.675. The number of hydrogen-bond acceptors (Lipinski definition) is 5. The Morgan fingerprint density at radius 1 is 1.03 bits per heavy atom. The van der Waals surface area contributed by atoms with E-state index in [9.17, 15) is 23.7 Å². The fourth-order valence-electron chi connectivity index (χ4n) is 2.74. The molecule has 0 saturated carbocycles. The molecule has 7 nitrogen and oxygen atoms in total. The van der Waals surface area contributed by atoms with Crippen molar-refractivity contribution in [2.75, 3.05) is 17.7 Å². The Morgan fingerprint density at radius 3 is 2.30 bits per heavy atom. The van der Waals surface area contributed by atoms with E-state index in [4.69, 9.17) is 4.74 Å². The van der Waals surface area contributed by atoms with Crippen LogP contribution in [0.5, 0.6) is 5.75 Å². The molecule has 0 heterocycles. The number of amides is 1. The van der Waals surface area contributed by atoms with Gasteiger partial charge in [0.15, 0.2) is 0 Å². The van der Waals surface area contributed by atoms with Gasteiger partial charge in [0, 0.05) is 29.9 Å². The van der Waals surface area contributed by atoms with Crippen molar-refractivity contribution in [3.05, 3.63) is 93.5 Å². The lowest BCUT2D eigenvalue weighted by atomic mass is 10.1. The van der Waals surface area contributed by atoms with E-state index in [1.807, 2.05) is 12.1 Å². The van der Waals surface area contributed by atoms with E-state index < -0.39 is 22.5 Å². The molecule has 3 aromatic carbocycles. The van der Waals surface area contributed by atoms with Gasteiger partial charge in [0.05, 0.1) is 12.0 Å². The van der Waals surface area contributed by atoms with Crippen molar-refractivity contribution in [2.45, 2.75) is 6.54 Å².